The number of likely N-dealkylation sites (N-methyl/N-ethyl adjacent to an activating group) is 1. The predicted molar refractivity (Wildman–Crippen MR) is 113 cm³/mol. The van der Waals surface area contributed by atoms with Gasteiger partial charge in [-0.05, 0) is 59.2 Å². The fraction of sp³-hybridized carbons (Fsp3) is 0.174. The zero-order valence-electron chi connectivity index (χ0n) is 17.2. The Kier molecular flexibility index (Phi) is 5.33. The Labute approximate surface area is 182 Å². The predicted octanol–water partition coefficient (Wildman–Crippen LogP) is 3.86. The summed E-state index contributed by atoms with van der Waals surface area (Å²) in [5, 5.41) is 0. The van der Waals surface area contributed by atoms with Crippen LogP contribution in [0.1, 0.15) is 23.4 Å². The summed E-state index contributed by atoms with van der Waals surface area (Å²) in [5.41, 5.74) is 5.29. The molecule has 1 aliphatic rings. The maximum atomic E-state index is 13.4. The molecule has 2 N–H and O–H groups in total. The first kappa shape index (κ1) is 21.4. The summed E-state index contributed by atoms with van der Waals surface area (Å²) in [5.74, 6) is -0.633. The van der Waals surface area contributed by atoms with Crippen molar-refractivity contribution < 1.29 is 22.7 Å². The molecule has 0 fully saturated rings. The number of guanidine groups is 1. The number of nitrogens with zero attached hydrogens (tertiary/aromatic N) is 3. The number of alkyl halides is 2. The second-order valence-corrected chi connectivity index (χ2v) is 7.25. The summed E-state index contributed by atoms with van der Waals surface area (Å²) in [7, 11) is 2.90. The fourth-order valence-electron chi connectivity index (χ4n) is 3.65. The van der Waals surface area contributed by atoms with Crippen molar-refractivity contribution in [1.82, 2.24) is 9.88 Å². The van der Waals surface area contributed by atoms with Gasteiger partial charge in [-0.2, -0.15) is 0 Å². The molecule has 0 bridgehead atoms. The van der Waals surface area contributed by atoms with Gasteiger partial charge in [-0.25, -0.2) is 23.1 Å². The van der Waals surface area contributed by atoms with Crippen molar-refractivity contribution in [2.75, 3.05) is 14.2 Å². The van der Waals surface area contributed by atoms with Gasteiger partial charge < -0.3 is 10.5 Å². The van der Waals surface area contributed by atoms with Gasteiger partial charge in [-0.1, -0.05) is 18.2 Å². The lowest BCUT2D eigenvalue weighted by atomic mass is 9.84. The molecule has 4 rings (SSSR count). The first-order valence-corrected chi connectivity index (χ1v) is 9.61. The molecule has 2 aromatic carbocycles. The van der Waals surface area contributed by atoms with Crippen LogP contribution in [0, 0.1) is 5.82 Å². The van der Waals surface area contributed by atoms with Crippen LogP contribution >= 0.6 is 0 Å². The minimum atomic E-state index is -2.83. The molecule has 1 unspecified atom stereocenters. The molecule has 0 saturated heterocycles. The molecule has 1 atom stereocenters. The van der Waals surface area contributed by atoms with E-state index in [9.17, 15) is 18.0 Å². The number of methoxy groups -OCH3 is 1. The van der Waals surface area contributed by atoms with Gasteiger partial charge >= 0.3 is 0 Å². The quantitative estimate of drug-likeness (QED) is 0.653. The van der Waals surface area contributed by atoms with Crippen molar-refractivity contribution in [2.45, 2.75) is 12.0 Å². The highest BCUT2D eigenvalue weighted by Gasteiger charge is 2.51. The van der Waals surface area contributed by atoms with Crippen molar-refractivity contribution >= 4 is 11.9 Å². The number of carbonyl (C=O) groups is 1. The van der Waals surface area contributed by atoms with Gasteiger partial charge in [0.25, 0.3) is 12.3 Å². The van der Waals surface area contributed by atoms with Gasteiger partial charge in [0.15, 0.2) is 5.96 Å². The molecule has 6 nitrogen and oxygen atoms in total. The summed E-state index contributed by atoms with van der Waals surface area (Å²) in [6.45, 7) is 0. The second-order valence-electron chi connectivity index (χ2n) is 7.25. The van der Waals surface area contributed by atoms with Crippen LogP contribution in [0.4, 0.5) is 13.2 Å². The number of amides is 1. The van der Waals surface area contributed by atoms with E-state index in [4.69, 9.17) is 10.5 Å². The highest BCUT2D eigenvalue weighted by atomic mass is 19.3. The summed E-state index contributed by atoms with van der Waals surface area (Å²) in [4.78, 5) is 23.0. The number of aromatic nitrogens is 1. The number of ether oxygens (including phenoxy) is 1. The Balaban J connectivity index is 1.99. The smallest absolute Gasteiger partial charge is 0.280 e. The van der Waals surface area contributed by atoms with Gasteiger partial charge in [-0.15, -0.1) is 0 Å². The molecule has 0 radical (unpaired) electrons. The van der Waals surface area contributed by atoms with E-state index in [-0.39, 0.29) is 11.7 Å². The highest BCUT2D eigenvalue weighted by Crippen LogP contribution is 2.42. The first-order chi connectivity index (χ1) is 15.3. The Morgan fingerprint density at radius 3 is 2.38 bits per heavy atom. The third-order valence-corrected chi connectivity index (χ3v) is 5.34. The normalized spacial score (nSPS) is 18.2. The third-order valence-electron chi connectivity index (χ3n) is 5.34. The molecule has 1 aromatic heterocycles. The van der Waals surface area contributed by atoms with Crippen LogP contribution in [-0.4, -0.2) is 35.9 Å². The standard InChI is InChI=1S/C23H19F3N4O2/c1-30-21(31)23(29-22(30)27,19-5-3-4-18(28-19)20(25)26)15-10-14(11-17(12-15)32-2)13-6-8-16(24)9-7-13/h3-12,20H,1-2H3,(H2,27,29). The van der Waals surface area contributed by atoms with E-state index in [1.54, 1.807) is 30.3 Å². The maximum Gasteiger partial charge on any atom is 0.280 e. The first-order valence-electron chi connectivity index (χ1n) is 9.61. The van der Waals surface area contributed by atoms with E-state index in [0.717, 1.165) is 4.90 Å². The average Bonchev–Trinajstić information content (AvgIpc) is 3.04. The lowest BCUT2D eigenvalue weighted by molar-refractivity contribution is -0.129. The van der Waals surface area contributed by atoms with Gasteiger partial charge in [0.1, 0.15) is 17.3 Å². The van der Waals surface area contributed by atoms with Gasteiger partial charge in [-0.3, -0.25) is 9.69 Å². The zero-order valence-corrected chi connectivity index (χ0v) is 17.2. The monoisotopic (exact) mass is 440 g/mol. The number of aliphatic imine (C=N–C) groups is 1. The number of halogens is 3. The molecule has 0 aliphatic carbocycles. The minimum Gasteiger partial charge on any atom is -0.497 e. The third kappa shape index (κ3) is 3.45. The number of rotatable bonds is 5. The van der Waals surface area contributed by atoms with Crippen LogP contribution in [0.3, 0.4) is 0 Å². The number of hydrogen-bond acceptors (Lipinski definition) is 5. The van der Waals surface area contributed by atoms with Crippen LogP contribution in [0.5, 0.6) is 5.75 Å². The SMILES string of the molecule is COc1cc(-c2ccc(F)cc2)cc(C2(c3cccc(C(F)F)n3)N=C(N)N(C)C2=O)c1. The van der Waals surface area contributed by atoms with Crippen LogP contribution in [0.25, 0.3) is 11.1 Å². The summed E-state index contributed by atoms with van der Waals surface area (Å²) in [6, 6.07) is 14.8. The van der Waals surface area contributed by atoms with E-state index in [1.165, 1.54) is 44.5 Å². The summed E-state index contributed by atoms with van der Waals surface area (Å²) < 4.78 is 45.6. The number of nitrogens with two attached hydrogens (primary N) is 1. The molecule has 32 heavy (non-hydrogen) atoms. The van der Waals surface area contributed by atoms with E-state index >= 15 is 0 Å². The van der Waals surface area contributed by atoms with Gasteiger partial charge in [0.2, 0.25) is 5.54 Å². The Hall–Kier alpha value is -3.88. The summed E-state index contributed by atoms with van der Waals surface area (Å²) in [6.07, 6.45) is -2.83. The zero-order chi connectivity index (χ0) is 23.0. The van der Waals surface area contributed by atoms with Gasteiger partial charge in [0.05, 0.1) is 12.8 Å². The fourth-order valence-corrected chi connectivity index (χ4v) is 3.65. The van der Waals surface area contributed by atoms with E-state index < -0.39 is 29.4 Å². The van der Waals surface area contributed by atoms with Crippen molar-refractivity contribution in [3.63, 3.8) is 0 Å². The molecule has 0 saturated carbocycles. The Morgan fingerprint density at radius 2 is 1.78 bits per heavy atom. The summed E-state index contributed by atoms with van der Waals surface area (Å²) >= 11 is 0. The highest BCUT2D eigenvalue weighted by molar-refractivity contribution is 6.08. The Bertz CT molecular complexity index is 1210. The largest absolute Gasteiger partial charge is 0.497 e. The molecule has 9 heteroatoms. The molecular weight excluding hydrogens is 421 g/mol. The topological polar surface area (TPSA) is 80.8 Å². The van der Waals surface area contributed by atoms with E-state index in [2.05, 4.69) is 9.98 Å². The molecule has 1 aliphatic heterocycles. The van der Waals surface area contributed by atoms with Crippen LogP contribution in [0.15, 0.2) is 65.7 Å². The molecule has 164 valence electrons. The van der Waals surface area contributed by atoms with Crippen molar-refractivity contribution in [3.05, 3.63) is 83.4 Å². The van der Waals surface area contributed by atoms with Crippen LogP contribution in [0.2, 0.25) is 0 Å². The molecule has 1 amide bonds. The average molecular weight is 440 g/mol. The molecular formula is C23H19F3N4O2. The molecule has 0 spiro atoms. The van der Waals surface area contributed by atoms with E-state index in [1.807, 2.05) is 0 Å². The number of benzene rings is 2. The number of pyridine rings is 1. The number of hydrogen-bond donors (Lipinski definition) is 1. The van der Waals surface area contributed by atoms with Crippen LogP contribution in [-0.2, 0) is 10.3 Å². The van der Waals surface area contributed by atoms with Crippen molar-refractivity contribution in [1.29, 1.82) is 0 Å². The maximum absolute atomic E-state index is 13.4. The molecule has 3 aromatic rings. The Morgan fingerprint density at radius 1 is 1.06 bits per heavy atom. The number of carbonyl (C=O) groups excluding carboxylic acids is 1. The second kappa shape index (κ2) is 7.99. The molecule has 2 heterocycles. The van der Waals surface area contributed by atoms with E-state index in [0.29, 0.717) is 22.4 Å². The van der Waals surface area contributed by atoms with Crippen molar-refractivity contribution in [3.8, 4) is 16.9 Å². The lowest BCUT2D eigenvalue weighted by Gasteiger charge is -2.26. The van der Waals surface area contributed by atoms with Gasteiger partial charge in [0, 0.05) is 7.05 Å². The minimum absolute atomic E-state index is 0.00547. The van der Waals surface area contributed by atoms with Crippen LogP contribution < -0.4 is 10.5 Å². The van der Waals surface area contributed by atoms with Crippen molar-refractivity contribution in [2.24, 2.45) is 10.7 Å². The lowest BCUT2D eigenvalue weighted by Crippen LogP contribution is -2.41.